The Kier molecular flexibility index (Phi) is 7.09. The molecule has 2 saturated carbocycles. The van der Waals surface area contributed by atoms with Crippen molar-refractivity contribution < 1.29 is 36.2 Å². The molecule has 1 aliphatic heterocycles. The third-order valence-corrected chi connectivity index (χ3v) is 8.06. The summed E-state index contributed by atoms with van der Waals surface area (Å²) in [5, 5.41) is 24.1. The van der Waals surface area contributed by atoms with E-state index >= 15 is 0 Å². The van der Waals surface area contributed by atoms with Crippen molar-refractivity contribution in [1.29, 1.82) is 5.26 Å². The number of imidazole rings is 1. The minimum Gasteiger partial charge on any atom is -0.342 e. The minimum atomic E-state index is -4.80. The molecule has 17 heteroatoms. The van der Waals surface area contributed by atoms with E-state index in [0.29, 0.717) is 11.4 Å². The first-order valence-corrected chi connectivity index (χ1v) is 13.6. The number of nitriles is 1. The van der Waals surface area contributed by atoms with Crippen LogP contribution in [0.4, 0.5) is 26.7 Å². The molecular weight excluding hydrogens is 581 g/mol. The van der Waals surface area contributed by atoms with E-state index in [1.807, 2.05) is 6.07 Å². The Labute approximate surface area is 239 Å². The zero-order valence-corrected chi connectivity index (χ0v) is 22.4. The predicted molar refractivity (Wildman–Crippen MR) is 135 cm³/mol. The highest BCUT2D eigenvalue weighted by Crippen LogP contribution is 2.43. The van der Waals surface area contributed by atoms with Crippen molar-refractivity contribution in [1.82, 2.24) is 35.1 Å². The summed E-state index contributed by atoms with van der Waals surface area (Å²) in [6.45, 7) is -0.820. The van der Waals surface area contributed by atoms with Crippen molar-refractivity contribution in [2.24, 2.45) is 10.9 Å². The van der Waals surface area contributed by atoms with Crippen LogP contribution in [0.2, 0.25) is 0 Å². The molecule has 43 heavy (non-hydrogen) atoms. The van der Waals surface area contributed by atoms with Gasteiger partial charge in [-0.2, -0.15) is 28.5 Å². The largest absolute Gasteiger partial charge is 0.431 e. The summed E-state index contributed by atoms with van der Waals surface area (Å²) in [5.41, 5.74) is -0.0333. The molecular formula is C26H24F5N9O3. The van der Waals surface area contributed by atoms with Crippen molar-refractivity contribution in [3.05, 3.63) is 41.1 Å². The number of carbonyl (C=O) groups excluding carboxylic acids is 2. The molecule has 3 aromatic rings. The fourth-order valence-corrected chi connectivity index (χ4v) is 5.59. The van der Waals surface area contributed by atoms with Gasteiger partial charge in [-0.1, -0.05) is 5.16 Å². The number of urea groups is 1. The van der Waals surface area contributed by atoms with Crippen LogP contribution in [0.1, 0.15) is 90.4 Å². The third-order valence-electron chi connectivity index (χ3n) is 8.06. The Morgan fingerprint density at radius 2 is 1.95 bits per heavy atom. The van der Waals surface area contributed by atoms with Gasteiger partial charge in [0.15, 0.2) is 11.3 Å². The van der Waals surface area contributed by atoms with Gasteiger partial charge < -0.3 is 10.2 Å². The normalized spacial score (nSPS) is 20.6. The standard InChI is InChI=1S/C26H24F5N9O3/c27-25(28)6-3-14(4-7-25)20(36-23(41)22-21(13-1-2-13)37-43-38-22)16-11-40-19(34-16)9-15(10-33-40)17(5-8-32)39-12-18(26(29,30)31)35-24(39)42/h9-11,13-14,17,20H,1-7,12H2,(H,36,41)/t17-,20+/m0/s1. The highest BCUT2D eigenvalue weighted by atomic mass is 19.4. The molecule has 2 fully saturated rings. The quantitative estimate of drug-likeness (QED) is 0.363. The van der Waals surface area contributed by atoms with Crippen LogP contribution in [0.25, 0.3) is 5.65 Å². The highest BCUT2D eigenvalue weighted by Gasteiger charge is 2.44. The minimum absolute atomic E-state index is 0.0212. The second-order valence-electron chi connectivity index (χ2n) is 11.0. The van der Waals surface area contributed by atoms with Crippen molar-refractivity contribution in [3.8, 4) is 6.07 Å². The maximum Gasteiger partial charge on any atom is 0.431 e. The average molecular weight is 606 g/mol. The van der Waals surface area contributed by atoms with Crippen LogP contribution in [0, 0.1) is 17.2 Å². The molecule has 0 radical (unpaired) electrons. The van der Waals surface area contributed by atoms with Crippen molar-refractivity contribution in [3.63, 3.8) is 0 Å². The predicted octanol–water partition coefficient (Wildman–Crippen LogP) is 4.68. The first-order valence-electron chi connectivity index (χ1n) is 13.6. The zero-order chi connectivity index (χ0) is 30.5. The zero-order valence-electron chi connectivity index (χ0n) is 22.4. The summed E-state index contributed by atoms with van der Waals surface area (Å²) in [4.78, 5) is 34.2. The van der Waals surface area contributed by atoms with E-state index in [0.717, 1.165) is 17.7 Å². The number of aliphatic imine (C=N–C) groups is 1. The van der Waals surface area contributed by atoms with Gasteiger partial charge in [0.25, 0.3) is 5.91 Å². The monoisotopic (exact) mass is 605 g/mol. The first kappa shape index (κ1) is 28.6. The molecule has 6 rings (SSSR count). The number of fused-ring (bicyclic) bond motifs is 1. The molecule has 3 aromatic heterocycles. The molecule has 2 aliphatic carbocycles. The summed E-state index contributed by atoms with van der Waals surface area (Å²) in [5.74, 6) is -3.73. The van der Waals surface area contributed by atoms with Gasteiger partial charge in [-0.15, -0.1) is 0 Å². The van der Waals surface area contributed by atoms with Crippen LogP contribution in [0.15, 0.2) is 28.1 Å². The summed E-state index contributed by atoms with van der Waals surface area (Å²) in [6.07, 6.45) is -1.12. The second kappa shape index (κ2) is 10.7. The third kappa shape index (κ3) is 5.77. The molecule has 12 nitrogen and oxygen atoms in total. The average Bonchev–Trinajstić information content (AvgIpc) is 3.33. The van der Waals surface area contributed by atoms with Crippen molar-refractivity contribution in [2.45, 2.75) is 75.0 Å². The maximum atomic E-state index is 14.0. The van der Waals surface area contributed by atoms with Gasteiger partial charge in [0.05, 0.1) is 49.2 Å². The number of nitrogens with zero attached hydrogens (tertiary/aromatic N) is 8. The molecule has 0 aromatic carbocycles. The Bertz CT molecular complexity index is 1630. The fraction of sp³-hybridized carbons (Fsp3) is 0.538. The molecule has 0 bridgehead atoms. The van der Waals surface area contributed by atoms with Gasteiger partial charge in [-0.3, -0.25) is 4.79 Å². The molecule has 0 saturated heterocycles. The Morgan fingerprint density at radius 1 is 1.21 bits per heavy atom. The van der Waals surface area contributed by atoms with E-state index < -0.39 is 54.3 Å². The van der Waals surface area contributed by atoms with Gasteiger partial charge in [0, 0.05) is 18.8 Å². The smallest absolute Gasteiger partial charge is 0.342 e. The topological polar surface area (TPSA) is 155 Å². The lowest BCUT2D eigenvalue weighted by Gasteiger charge is -2.33. The number of carbonyl (C=O) groups is 2. The molecule has 3 amide bonds. The van der Waals surface area contributed by atoms with Crippen LogP contribution < -0.4 is 5.32 Å². The summed E-state index contributed by atoms with van der Waals surface area (Å²) >= 11 is 0. The van der Waals surface area contributed by atoms with Gasteiger partial charge in [-0.05, 0) is 48.4 Å². The van der Waals surface area contributed by atoms with Crippen LogP contribution in [0.3, 0.4) is 0 Å². The molecule has 2 atom stereocenters. The van der Waals surface area contributed by atoms with Crippen LogP contribution in [0.5, 0.6) is 0 Å². The number of amides is 3. The van der Waals surface area contributed by atoms with Crippen molar-refractivity contribution in [2.75, 3.05) is 6.54 Å². The van der Waals surface area contributed by atoms with E-state index in [2.05, 4.69) is 30.7 Å². The number of rotatable bonds is 8. The highest BCUT2D eigenvalue weighted by molar-refractivity contribution is 6.05. The number of halogens is 5. The molecule has 226 valence electrons. The van der Waals surface area contributed by atoms with Crippen LogP contribution in [-0.2, 0) is 0 Å². The van der Waals surface area contributed by atoms with Crippen molar-refractivity contribution >= 4 is 23.3 Å². The SMILES string of the molecule is N#CC[C@@H](c1cnn2cc([C@H](NC(=O)c3nonc3C3CC3)C3CCC(F)(F)CC3)nc2c1)N1CC(C(F)(F)F)=NC1=O. The summed E-state index contributed by atoms with van der Waals surface area (Å²) < 4.78 is 73.8. The van der Waals surface area contributed by atoms with Crippen LogP contribution >= 0.6 is 0 Å². The first-order chi connectivity index (χ1) is 20.4. The summed E-state index contributed by atoms with van der Waals surface area (Å²) in [6, 6.07) is 0.331. The lowest BCUT2D eigenvalue weighted by Crippen LogP contribution is -2.37. The summed E-state index contributed by atoms with van der Waals surface area (Å²) in [7, 11) is 0. The lowest BCUT2D eigenvalue weighted by atomic mass is 9.81. The lowest BCUT2D eigenvalue weighted by molar-refractivity contribution is -0.0602. The molecule has 4 heterocycles. The Morgan fingerprint density at radius 3 is 2.60 bits per heavy atom. The van der Waals surface area contributed by atoms with E-state index in [9.17, 15) is 36.8 Å². The van der Waals surface area contributed by atoms with Gasteiger partial charge in [0.1, 0.15) is 11.4 Å². The fourth-order valence-electron chi connectivity index (χ4n) is 5.59. The number of nitrogens with one attached hydrogen (secondary N) is 1. The van der Waals surface area contributed by atoms with E-state index in [1.54, 1.807) is 0 Å². The number of aromatic nitrogens is 5. The van der Waals surface area contributed by atoms with E-state index in [-0.39, 0.29) is 54.9 Å². The second-order valence-corrected chi connectivity index (χ2v) is 11.0. The van der Waals surface area contributed by atoms with E-state index in [1.165, 1.54) is 23.0 Å². The Hall–Kier alpha value is -4.49. The number of hydrogen-bond acceptors (Lipinski definition) is 8. The van der Waals surface area contributed by atoms with E-state index in [4.69, 9.17) is 4.63 Å². The molecule has 0 spiro atoms. The maximum absolute atomic E-state index is 14.0. The molecule has 1 N–H and O–H groups in total. The number of hydrogen-bond donors (Lipinski definition) is 1. The van der Waals surface area contributed by atoms with Gasteiger partial charge in [0.2, 0.25) is 5.92 Å². The Balaban J connectivity index is 1.30. The number of alkyl halides is 5. The molecule has 0 unspecified atom stereocenters. The van der Waals surface area contributed by atoms with Gasteiger partial charge >= 0.3 is 12.2 Å². The van der Waals surface area contributed by atoms with Gasteiger partial charge in [-0.25, -0.2) is 27.7 Å². The molecule has 3 aliphatic rings. The van der Waals surface area contributed by atoms with Crippen LogP contribution in [-0.4, -0.2) is 66.1 Å².